The van der Waals surface area contributed by atoms with Crippen LogP contribution in [0.4, 0.5) is 0 Å². The maximum Gasteiger partial charge on any atom is 0.248 e. The summed E-state index contributed by atoms with van der Waals surface area (Å²) < 4.78 is 0. The minimum Gasteiger partial charge on any atom is -0.366 e. The Balaban J connectivity index is 0.000000810. The zero-order chi connectivity index (χ0) is 6.69. The Kier molecular flexibility index (Phi) is 4.27. The van der Waals surface area contributed by atoms with Gasteiger partial charge in [0.15, 0.2) is 0 Å². The predicted molar refractivity (Wildman–Crippen MR) is 38.5 cm³/mol. The second kappa shape index (κ2) is 4.44. The molecule has 0 saturated carbocycles. The van der Waals surface area contributed by atoms with Gasteiger partial charge in [-0.3, -0.25) is 9.78 Å². The molecule has 4 heteroatoms. The Labute approximate surface area is 80.9 Å². The van der Waals surface area contributed by atoms with Crippen LogP contribution in [-0.4, -0.2) is 40.4 Å². The maximum absolute atomic E-state index is 10.4. The molecule has 47 valence electrons. The molecule has 0 unspecified atom stereocenters. The van der Waals surface area contributed by atoms with E-state index in [4.69, 9.17) is 5.73 Å². The Morgan fingerprint density at radius 2 is 1.90 bits per heavy atom. The van der Waals surface area contributed by atoms with Crippen molar-refractivity contribution in [1.82, 2.24) is 4.98 Å². The second-order valence-electron chi connectivity index (χ2n) is 1.60. The van der Waals surface area contributed by atoms with Gasteiger partial charge in [0.05, 0.1) is 0 Å². The van der Waals surface area contributed by atoms with Crippen LogP contribution in [0.15, 0.2) is 24.5 Å². The van der Waals surface area contributed by atoms with Gasteiger partial charge in [-0.15, -0.1) is 0 Å². The first-order valence-corrected chi connectivity index (χ1v) is 2.50. The van der Waals surface area contributed by atoms with Crippen molar-refractivity contribution in [3.8, 4) is 0 Å². The molecule has 0 saturated heterocycles. The largest absolute Gasteiger partial charge is 0.366 e. The Hall–Kier alpha value is -0.380. The fourth-order valence-electron chi connectivity index (χ4n) is 0.516. The molecular weight excluding hydrogens is 139 g/mol. The number of nitrogens with zero attached hydrogens (tertiary/aromatic N) is 1. The van der Waals surface area contributed by atoms with Crippen molar-refractivity contribution in [2.24, 2.45) is 5.73 Å². The number of nitrogens with two attached hydrogens (primary N) is 1. The summed E-state index contributed by atoms with van der Waals surface area (Å²) in [6.07, 6.45) is 3.06. The zero-order valence-corrected chi connectivity index (χ0v) is 7.74. The zero-order valence-electron chi connectivity index (χ0n) is 5.74. The van der Waals surface area contributed by atoms with Crippen LogP contribution in [0.2, 0.25) is 0 Å². The fourth-order valence-corrected chi connectivity index (χ4v) is 0.516. The predicted octanol–water partition coefficient (Wildman–Crippen LogP) is -0.200. The maximum atomic E-state index is 10.4. The number of aromatic nitrogens is 1. The van der Waals surface area contributed by atoms with Gasteiger partial charge in [-0.05, 0) is 12.1 Å². The van der Waals surface area contributed by atoms with Gasteiger partial charge in [0, 0.05) is 47.5 Å². The van der Waals surface area contributed by atoms with Gasteiger partial charge in [0.2, 0.25) is 5.91 Å². The summed E-state index contributed by atoms with van der Waals surface area (Å²) in [4.78, 5) is 14.1. The van der Waals surface area contributed by atoms with Gasteiger partial charge in [-0.1, -0.05) is 0 Å². The first-order chi connectivity index (χ1) is 4.30. The molecule has 0 bridgehead atoms. The monoisotopic (exact) mass is 145 g/mol. The molecule has 0 atom stereocenters. The molecule has 0 aliphatic heterocycles. The van der Waals surface area contributed by atoms with Crippen LogP contribution in [0.25, 0.3) is 0 Å². The fraction of sp³-hybridized carbons (Fsp3) is 0. The van der Waals surface area contributed by atoms with Crippen LogP contribution in [0.1, 0.15) is 10.4 Å². The third kappa shape index (κ3) is 2.47. The molecule has 1 rings (SSSR count). The van der Waals surface area contributed by atoms with Gasteiger partial charge in [0.25, 0.3) is 0 Å². The van der Waals surface area contributed by atoms with Gasteiger partial charge >= 0.3 is 0 Å². The van der Waals surface area contributed by atoms with Gasteiger partial charge < -0.3 is 5.73 Å². The summed E-state index contributed by atoms with van der Waals surface area (Å²) in [5, 5.41) is 0. The molecule has 0 aromatic carbocycles. The average Bonchev–Trinajstić information content (AvgIpc) is 1.90. The third-order valence-electron chi connectivity index (χ3n) is 0.965. The summed E-state index contributed by atoms with van der Waals surface area (Å²) in [6, 6.07) is 3.14. The number of rotatable bonds is 1. The van der Waals surface area contributed by atoms with Gasteiger partial charge in [-0.2, -0.15) is 0 Å². The van der Waals surface area contributed by atoms with Crippen molar-refractivity contribution in [2.45, 2.75) is 0 Å². The molecule has 0 aliphatic carbocycles. The summed E-state index contributed by atoms with van der Waals surface area (Å²) in [7, 11) is 0. The number of hydrogen-bond acceptors (Lipinski definition) is 2. The first kappa shape index (κ1) is 9.62. The van der Waals surface area contributed by atoms with Gasteiger partial charge in [0.1, 0.15) is 0 Å². The quantitative estimate of drug-likeness (QED) is 0.556. The number of primary amides is 1. The Morgan fingerprint density at radius 3 is 2.20 bits per heavy atom. The van der Waals surface area contributed by atoms with E-state index in [0.29, 0.717) is 5.56 Å². The summed E-state index contributed by atoms with van der Waals surface area (Å²) in [6.45, 7) is 0. The van der Waals surface area contributed by atoms with E-state index < -0.39 is 5.91 Å². The molecule has 1 radical (unpaired) electrons. The summed E-state index contributed by atoms with van der Waals surface area (Å²) in [5.41, 5.74) is 5.44. The molecule has 1 aromatic heterocycles. The molecule has 0 fully saturated rings. The number of pyridine rings is 1. The van der Waals surface area contributed by atoms with Crippen molar-refractivity contribution in [2.75, 3.05) is 0 Å². The molecule has 2 N–H and O–H groups in total. The Morgan fingerprint density at radius 1 is 1.40 bits per heavy atom. The minimum atomic E-state index is -0.419. The van der Waals surface area contributed by atoms with Crippen LogP contribution in [0.5, 0.6) is 0 Å². The van der Waals surface area contributed by atoms with Crippen molar-refractivity contribution < 1.29 is 4.79 Å². The van der Waals surface area contributed by atoms with Crippen LogP contribution >= 0.6 is 0 Å². The molecular formula is C6H6N2NaO. The minimum absolute atomic E-state index is 0. The summed E-state index contributed by atoms with van der Waals surface area (Å²) >= 11 is 0. The van der Waals surface area contributed by atoms with Crippen molar-refractivity contribution >= 4 is 35.5 Å². The normalized spacial score (nSPS) is 8.00. The molecule has 3 nitrogen and oxygen atoms in total. The van der Waals surface area contributed by atoms with Crippen LogP contribution in [0, 0.1) is 0 Å². The standard InChI is InChI=1S/C6H6N2O.Na/c7-6(9)5-1-3-8-4-2-5;/h1-4H,(H2,7,9);. The first-order valence-electron chi connectivity index (χ1n) is 2.50. The van der Waals surface area contributed by atoms with Crippen LogP contribution < -0.4 is 5.73 Å². The van der Waals surface area contributed by atoms with Gasteiger partial charge in [-0.25, -0.2) is 0 Å². The van der Waals surface area contributed by atoms with Crippen LogP contribution in [-0.2, 0) is 0 Å². The topological polar surface area (TPSA) is 56.0 Å². The Bertz CT molecular complexity index is 212. The van der Waals surface area contributed by atoms with E-state index in [1.165, 1.54) is 12.4 Å². The van der Waals surface area contributed by atoms with E-state index in [0.717, 1.165) is 0 Å². The van der Waals surface area contributed by atoms with E-state index in [-0.39, 0.29) is 29.6 Å². The number of carbonyl (C=O) groups is 1. The third-order valence-corrected chi connectivity index (χ3v) is 0.965. The molecule has 0 spiro atoms. The summed E-state index contributed by atoms with van der Waals surface area (Å²) in [5.74, 6) is -0.419. The molecule has 0 aliphatic rings. The number of hydrogen-bond donors (Lipinski definition) is 1. The van der Waals surface area contributed by atoms with E-state index in [9.17, 15) is 4.79 Å². The number of amides is 1. The van der Waals surface area contributed by atoms with Crippen molar-refractivity contribution in [3.05, 3.63) is 30.1 Å². The van der Waals surface area contributed by atoms with Crippen molar-refractivity contribution in [3.63, 3.8) is 0 Å². The molecule has 10 heavy (non-hydrogen) atoms. The molecule has 1 amide bonds. The van der Waals surface area contributed by atoms with E-state index >= 15 is 0 Å². The second-order valence-corrected chi connectivity index (χ2v) is 1.60. The van der Waals surface area contributed by atoms with Crippen LogP contribution in [0.3, 0.4) is 0 Å². The van der Waals surface area contributed by atoms with E-state index in [1.54, 1.807) is 12.1 Å². The SMILES string of the molecule is NC(=O)c1ccncc1.[Na]. The molecule has 1 aromatic rings. The average molecular weight is 145 g/mol. The van der Waals surface area contributed by atoms with Crippen molar-refractivity contribution in [1.29, 1.82) is 0 Å². The van der Waals surface area contributed by atoms with E-state index in [2.05, 4.69) is 4.98 Å². The number of carbonyl (C=O) groups excluding carboxylic acids is 1. The smallest absolute Gasteiger partial charge is 0.248 e. The van der Waals surface area contributed by atoms with E-state index in [1.807, 2.05) is 0 Å². The molecule has 1 heterocycles.